The summed E-state index contributed by atoms with van der Waals surface area (Å²) in [5.41, 5.74) is 6.04. The summed E-state index contributed by atoms with van der Waals surface area (Å²) in [5, 5.41) is 9.64. The van der Waals surface area contributed by atoms with E-state index in [2.05, 4.69) is 4.72 Å². The molecule has 18 heavy (non-hydrogen) atoms. The molecule has 5 nitrogen and oxygen atoms in total. The number of aliphatic hydroxyl groups excluding tert-OH is 1. The lowest BCUT2D eigenvalue weighted by Crippen LogP contribution is -2.32. The van der Waals surface area contributed by atoms with Crippen molar-refractivity contribution < 1.29 is 13.5 Å². The Morgan fingerprint density at radius 3 is 2.50 bits per heavy atom. The fourth-order valence-corrected chi connectivity index (χ4v) is 3.30. The first-order valence-electron chi connectivity index (χ1n) is 6.02. The van der Waals surface area contributed by atoms with Crippen LogP contribution in [0.4, 0.5) is 5.69 Å². The van der Waals surface area contributed by atoms with Crippen molar-refractivity contribution in [1.29, 1.82) is 0 Å². The normalized spacial score (nSPS) is 24.3. The summed E-state index contributed by atoms with van der Waals surface area (Å²) >= 11 is 0. The van der Waals surface area contributed by atoms with Gasteiger partial charge in [-0.25, -0.2) is 13.1 Å². The molecule has 0 aromatic heterocycles. The molecule has 1 aliphatic rings. The maximum Gasteiger partial charge on any atom is 0.240 e. The molecular formula is C12H18N2O3S. The number of hydrogen-bond donors (Lipinski definition) is 3. The second-order valence-corrected chi connectivity index (χ2v) is 6.45. The SMILES string of the molecule is Nc1ccc(S(=O)(=O)NCC2CCCC2O)cc1. The molecule has 0 saturated heterocycles. The van der Waals surface area contributed by atoms with Crippen LogP contribution in [0.1, 0.15) is 19.3 Å². The second kappa shape index (κ2) is 5.26. The number of sulfonamides is 1. The van der Waals surface area contributed by atoms with Crippen LogP contribution >= 0.6 is 0 Å². The van der Waals surface area contributed by atoms with Crippen molar-refractivity contribution in [2.75, 3.05) is 12.3 Å². The molecule has 1 aromatic rings. The molecule has 1 fully saturated rings. The number of nitrogens with one attached hydrogen (secondary N) is 1. The van der Waals surface area contributed by atoms with Crippen LogP contribution in [0, 0.1) is 5.92 Å². The predicted molar refractivity (Wildman–Crippen MR) is 69.4 cm³/mol. The molecule has 1 saturated carbocycles. The van der Waals surface area contributed by atoms with Crippen molar-refractivity contribution in [3.63, 3.8) is 0 Å². The molecule has 4 N–H and O–H groups in total. The molecule has 0 radical (unpaired) electrons. The zero-order valence-corrected chi connectivity index (χ0v) is 10.9. The van der Waals surface area contributed by atoms with Crippen LogP contribution in [0.2, 0.25) is 0 Å². The first-order valence-corrected chi connectivity index (χ1v) is 7.50. The smallest absolute Gasteiger partial charge is 0.240 e. The van der Waals surface area contributed by atoms with Crippen LogP contribution in [0.25, 0.3) is 0 Å². The second-order valence-electron chi connectivity index (χ2n) is 4.68. The lowest BCUT2D eigenvalue weighted by Gasteiger charge is -2.15. The van der Waals surface area contributed by atoms with Crippen LogP contribution < -0.4 is 10.5 Å². The summed E-state index contributed by atoms with van der Waals surface area (Å²) in [5.74, 6) is 0.0218. The third kappa shape index (κ3) is 3.01. The van der Waals surface area contributed by atoms with E-state index >= 15 is 0 Å². The van der Waals surface area contributed by atoms with E-state index in [4.69, 9.17) is 5.73 Å². The van der Waals surface area contributed by atoms with Crippen LogP contribution in [-0.2, 0) is 10.0 Å². The molecule has 0 heterocycles. The zero-order chi connectivity index (χ0) is 13.2. The molecule has 2 rings (SSSR count). The van der Waals surface area contributed by atoms with Gasteiger partial charge in [0.05, 0.1) is 11.0 Å². The number of nitrogen functional groups attached to an aromatic ring is 1. The van der Waals surface area contributed by atoms with Crippen molar-refractivity contribution in [3.05, 3.63) is 24.3 Å². The molecule has 0 aliphatic heterocycles. The Morgan fingerprint density at radius 2 is 1.94 bits per heavy atom. The van der Waals surface area contributed by atoms with E-state index in [0.29, 0.717) is 5.69 Å². The fraction of sp³-hybridized carbons (Fsp3) is 0.500. The minimum atomic E-state index is -3.50. The van der Waals surface area contributed by atoms with Crippen LogP contribution in [-0.4, -0.2) is 26.2 Å². The van der Waals surface area contributed by atoms with Gasteiger partial charge in [-0.05, 0) is 43.0 Å². The van der Waals surface area contributed by atoms with E-state index in [-0.39, 0.29) is 23.5 Å². The van der Waals surface area contributed by atoms with Crippen molar-refractivity contribution >= 4 is 15.7 Å². The molecule has 2 atom stereocenters. The maximum atomic E-state index is 12.0. The number of benzene rings is 1. The largest absolute Gasteiger partial charge is 0.399 e. The Morgan fingerprint density at radius 1 is 1.28 bits per heavy atom. The van der Waals surface area contributed by atoms with Gasteiger partial charge in [0.1, 0.15) is 0 Å². The molecule has 0 amide bonds. The number of aliphatic hydroxyl groups is 1. The first kappa shape index (κ1) is 13.3. The summed E-state index contributed by atoms with van der Waals surface area (Å²) in [6.45, 7) is 0.286. The Bertz CT molecular complexity index is 499. The lowest BCUT2D eigenvalue weighted by molar-refractivity contribution is 0.134. The number of hydrogen-bond acceptors (Lipinski definition) is 4. The highest BCUT2D eigenvalue weighted by Crippen LogP contribution is 2.25. The average Bonchev–Trinajstić information content (AvgIpc) is 2.73. The molecule has 1 aliphatic carbocycles. The van der Waals surface area contributed by atoms with Gasteiger partial charge < -0.3 is 10.8 Å². The minimum Gasteiger partial charge on any atom is -0.399 e. The third-order valence-electron chi connectivity index (χ3n) is 3.34. The van der Waals surface area contributed by atoms with E-state index in [1.807, 2.05) is 0 Å². The van der Waals surface area contributed by atoms with Gasteiger partial charge in [-0.2, -0.15) is 0 Å². The van der Waals surface area contributed by atoms with E-state index in [1.54, 1.807) is 12.1 Å². The Labute approximate surface area is 107 Å². The number of anilines is 1. The Kier molecular flexibility index (Phi) is 3.89. The highest BCUT2D eigenvalue weighted by molar-refractivity contribution is 7.89. The molecule has 0 spiro atoms. The van der Waals surface area contributed by atoms with E-state index in [9.17, 15) is 13.5 Å². The summed E-state index contributed by atoms with van der Waals surface area (Å²) < 4.78 is 26.5. The van der Waals surface area contributed by atoms with Crippen molar-refractivity contribution in [3.8, 4) is 0 Å². The van der Waals surface area contributed by atoms with Gasteiger partial charge in [0, 0.05) is 12.2 Å². The standard InChI is InChI=1S/C12H18N2O3S/c13-10-4-6-11(7-5-10)18(16,17)14-8-9-2-1-3-12(9)15/h4-7,9,12,14-15H,1-3,8,13H2. The van der Waals surface area contributed by atoms with E-state index < -0.39 is 10.0 Å². The van der Waals surface area contributed by atoms with E-state index in [0.717, 1.165) is 19.3 Å². The Balaban J connectivity index is 2.01. The highest BCUT2D eigenvalue weighted by Gasteiger charge is 2.26. The molecule has 6 heteroatoms. The maximum absolute atomic E-state index is 12.0. The van der Waals surface area contributed by atoms with Gasteiger partial charge in [0.2, 0.25) is 10.0 Å². The van der Waals surface area contributed by atoms with Gasteiger partial charge in [0.25, 0.3) is 0 Å². The highest BCUT2D eigenvalue weighted by atomic mass is 32.2. The van der Waals surface area contributed by atoms with Crippen molar-refractivity contribution in [1.82, 2.24) is 4.72 Å². The number of nitrogens with two attached hydrogens (primary N) is 1. The quantitative estimate of drug-likeness (QED) is 0.702. The fourth-order valence-electron chi connectivity index (χ4n) is 2.20. The zero-order valence-electron chi connectivity index (χ0n) is 10.0. The summed E-state index contributed by atoms with van der Waals surface area (Å²) in [4.78, 5) is 0.198. The van der Waals surface area contributed by atoms with Crippen molar-refractivity contribution in [2.45, 2.75) is 30.3 Å². The average molecular weight is 270 g/mol. The third-order valence-corrected chi connectivity index (χ3v) is 4.78. The van der Waals surface area contributed by atoms with Crippen LogP contribution in [0.15, 0.2) is 29.2 Å². The van der Waals surface area contributed by atoms with Gasteiger partial charge in [-0.1, -0.05) is 6.42 Å². The van der Waals surface area contributed by atoms with Gasteiger partial charge >= 0.3 is 0 Å². The molecular weight excluding hydrogens is 252 g/mol. The molecule has 100 valence electrons. The minimum absolute atomic E-state index is 0.0218. The van der Waals surface area contributed by atoms with Gasteiger partial charge in [-0.15, -0.1) is 0 Å². The van der Waals surface area contributed by atoms with Gasteiger partial charge in [0.15, 0.2) is 0 Å². The molecule has 0 bridgehead atoms. The first-order chi connectivity index (χ1) is 8.49. The summed E-state index contributed by atoms with van der Waals surface area (Å²) in [6, 6.07) is 6.06. The molecule has 1 aromatic carbocycles. The van der Waals surface area contributed by atoms with Crippen LogP contribution in [0.5, 0.6) is 0 Å². The molecule has 2 unspecified atom stereocenters. The lowest BCUT2D eigenvalue weighted by atomic mass is 10.1. The Hall–Kier alpha value is -1.11. The summed E-state index contributed by atoms with van der Waals surface area (Å²) in [6.07, 6.45) is 2.19. The van der Waals surface area contributed by atoms with Crippen molar-refractivity contribution in [2.24, 2.45) is 5.92 Å². The topological polar surface area (TPSA) is 92.4 Å². The number of rotatable bonds is 4. The summed E-state index contributed by atoms with van der Waals surface area (Å²) in [7, 11) is -3.50. The van der Waals surface area contributed by atoms with Crippen LogP contribution in [0.3, 0.4) is 0 Å². The predicted octanol–water partition coefficient (Wildman–Crippen LogP) is 0.708. The van der Waals surface area contributed by atoms with E-state index in [1.165, 1.54) is 12.1 Å². The van der Waals surface area contributed by atoms with Gasteiger partial charge in [-0.3, -0.25) is 0 Å². The monoisotopic (exact) mass is 270 g/mol.